The fourth-order valence-corrected chi connectivity index (χ4v) is 2.01. The zero-order chi connectivity index (χ0) is 11.8. The number of benzene rings is 1. The SMILES string of the molecule is c1ccc(C2CCNCC2)cc1.c1nnn[nH]1. The number of nitrogens with one attached hydrogen (secondary N) is 2. The van der Waals surface area contributed by atoms with Gasteiger partial charge in [-0.25, -0.2) is 5.10 Å². The Hall–Kier alpha value is -1.75. The van der Waals surface area contributed by atoms with Crippen LogP contribution in [-0.4, -0.2) is 33.7 Å². The summed E-state index contributed by atoms with van der Waals surface area (Å²) in [5.74, 6) is 0.799. The quantitative estimate of drug-likeness (QED) is 0.777. The minimum Gasteiger partial charge on any atom is -0.317 e. The van der Waals surface area contributed by atoms with E-state index >= 15 is 0 Å². The normalized spacial score (nSPS) is 16.0. The van der Waals surface area contributed by atoms with E-state index in [0.29, 0.717) is 0 Å². The Bertz CT molecular complexity index is 363. The molecule has 2 aromatic rings. The fraction of sp³-hybridized carbons (Fsp3) is 0.417. The standard InChI is InChI=1S/C11H15N.CH2N4/c1-2-4-10(5-3-1)11-6-8-12-9-7-11;1-2-4-5-3-1/h1-5,11-12H,6-9H2;1H,(H,2,3,4,5). The minimum atomic E-state index is 0.799. The largest absolute Gasteiger partial charge is 0.317 e. The van der Waals surface area contributed by atoms with E-state index in [2.05, 4.69) is 56.3 Å². The van der Waals surface area contributed by atoms with E-state index in [4.69, 9.17) is 0 Å². The van der Waals surface area contributed by atoms with Gasteiger partial charge in [0.05, 0.1) is 0 Å². The second kappa shape index (κ2) is 6.75. The number of aromatic nitrogens is 4. The third-order valence-electron chi connectivity index (χ3n) is 2.88. The summed E-state index contributed by atoms with van der Waals surface area (Å²) in [5.41, 5.74) is 1.51. The van der Waals surface area contributed by atoms with Gasteiger partial charge in [0, 0.05) is 0 Å². The Kier molecular flexibility index (Phi) is 4.66. The lowest BCUT2D eigenvalue weighted by molar-refractivity contribution is 0.460. The van der Waals surface area contributed by atoms with E-state index in [1.54, 1.807) is 0 Å². The van der Waals surface area contributed by atoms with Gasteiger partial charge in [-0.3, -0.25) is 0 Å². The number of piperidine rings is 1. The Morgan fingerprint density at radius 1 is 1.06 bits per heavy atom. The molecule has 0 unspecified atom stereocenters. The number of H-pyrrole nitrogens is 1. The highest BCUT2D eigenvalue weighted by Crippen LogP contribution is 2.24. The van der Waals surface area contributed by atoms with Crippen molar-refractivity contribution in [3.05, 3.63) is 42.2 Å². The summed E-state index contributed by atoms with van der Waals surface area (Å²) < 4.78 is 0. The molecular formula is C12H17N5. The van der Waals surface area contributed by atoms with Gasteiger partial charge < -0.3 is 5.32 Å². The van der Waals surface area contributed by atoms with Gasteiger partial charge in [0.1, 0.15) is 6.33 Å². The Balaban J connectivity index is 0.000000181. The van der Waals surface area contributed by atoms with Crippen LogP contribution in [0.1, 0.15) is 24.3 Å². The molecule has 5 heteroatoms. The number of aromatic amines is 1. The van der Waals surface area contributed by atoms with Crippen molar-refractivity contribution in [1.29, 1.82) is 0 Å². The number of hydrogen-bond donors (Lipinski definition) is 2. The van der Waals surface area contributed by atoms with Crippen molar-refractivity contribution in [1.82, 2.24) is 25.9 Å². The van der Waals surface area contributed by atoms with Gasteiger partial charge in [0.15, 0.2) is 0 Å². The summed E-state index contributed by atoms with van der Waals surface area (Å²) in [6.45, 7) is 2.36. The minimum absolute atomic E-state index is 0.799. The van der Waals surface area contributed by atoms with Crippen LogP contribution in [-0.2, 0) is 0 Å². The third kappa shape index (κ3) is 3.96. The van der Waals surface area contributed by atoms with E-state index in [0.717, 1.165) is 5.92 Å². The molecule has 1 aromatic carbocycles. The first-order valence-corrected chi connectivity index (χ1v) is 5.89. The van der Waals surface area contributed by atoms with Gasteiger partial charge in [-0.2, -0.15) is 0 Å². The smallest absolute Gasteiger partial charge is 0.135 e. The number of rotatable bonds is 1. The maximum atomic E-state index is 3.38. The molecule has 90 valence electrons. The predicted octanol–water partition coefficient (Wildman–Crippen LogP) is 1.35. The average molecular weight is 231 g/mol. The van der Waals surface area contributed by atoms with Gasteiger partial charge in [-0.15, -0.1) is 5.10 Å². The molecule has 0 radical (unpaired) electrons. The van der Waals surface area contributed by atoms with Crippen LogP contribution in [0.3, 0.4) is 0 Å². The van der Waals surface area contributed by atoms with E-state index in [-0.39, 0.29) is 0 Å². The van der Waals surface area contributed by atoms with E-state index in [1.165, 1.54) is 37.8 Å². The summed E-state index contributed by atoms with van der Waals surface area (Å²) in [5, 5.41) is 15.5. The molecule has 0 aliphatic carbocycles. The topological polar surface area (TPSA) is 66.5 Å². The molecule has 0 bridgehead atoms. The first-order valence-electron chi connectivity index (χ1n) is 5.89. The first kappa shape index (κ1) is 11.7. The van der Waals surface area contributed by atoms with Crippen LogP contribution in [0.4, 0.5) is 0 Å². The van der Waals surface area contributed by atoms with E-state index in [9.17, 15) is 0 Å². The Morgan fingerprint density at radius 3 is 2.35 bits per heavy atom. The van der Waals surface area contributed by atoms with Crippen LogP contribution in [0.2, 0.25) is 0 Å². The maximum absolute atomic E-state index is 3.38. The second-order valence-electron chi connectivity index (χ2n) is 4.00. The van der Waals surface area contributed by atoms with Crippen LogP contribution in [0, 0.1) is 0 Å². The number of nitrogens with zero attached hydrogens (tertiary/aromatic N) is 3. The van der Waals surface area contributed by atoms with E-state index < -0.39 is 0 Å². The van der Waals surface area contributed by atoms with Crippen LogP contribution in [0.5, 0.6) is 0 Å². The zero-order valence-electron chi connectivity index (χ0n) is 9.71. The van der Waals surface area contributed by atoms with Crippen molar-refractivity contribution in [3.63, 3.8) is 0 Å². The Labute approximate surface area is 101 Å². The molecule has 1 aliphatic heterocycles. The molecule has 0 spiro atoms. The van der Waals surface area contributed by atoms with Gasteiger partial charge >= 0.3 is 0 Å². The molecule has 1 saturated heterocycles. The molecule has 5 nitrogen and oxygen atoms in total. The first-order chi connectivity index (χ1) is 8.47. The van der Waals surface area contributed by atoms with Gasteiger partial charge in [-0.1, -0.05) is 30.3 Å². The fourth-order valence-electron chi connectivity index (χ4n) is 2.01. The van der Waals surface area contributed by atoms with Crippen LogP contribution in [0.15, 0.2) is 36.7 Å². The summed E-state index contributed by atoms with van der Waals surface area (Å²) >= 11 is 0. The van der Waals surface area contributed by atoms with Crippen LogP contribution < -0.4 is 5.32 Å². The lowest BCUT2D eigenvalue weighted by Gasteiger charge is -2.22. The molecule has 2 heterocycles. The molecule has 3 rings (SSSR count). The monoisotopic (exact) mass is 231 g/mol. The number of tetrazole rings is 1. The predicted molar refractivity (Wildman–Crippen MR) is 65.5 cm³/mol. The van der Waals surface area contributed by atoms with Gasteiger partial charge in [-0.05, 0) is 47.8 Å². The van der Waals surface area contributed by atoms with E-state index in [1.807, 2.05) is 0 Å². The summed E-state index contributed by atoms with van der Waals surface area (Å²) in [4.78, 5) is 0. The van der Waals surface area contributed by atoms with Crippen molar-refractivity contribution >= 4 is 0 Å². The second-order valence-corrected chi connectivity index (χ2v) is 4.00. The zero-order valence-corrected chi connectivity index (χ0v) is 9.71. The molecular weight excluding hydrogens is 214 g/mol. The maximum Gasteiger partial charge on any atom is 0.135 e. The van der Waals surface area contributed by atoms with Crippen molar-refractivity contribution in [3.8, 4) is 0 Å². The molecule has 0 amide bonds. The van der Waals surface area contributed by atoms with Crippen LogP contribution in [0.25, 0.3) is 0 Å². The molecule has 2 N–H and O–H groups in total. The van der Waals surface area contributed by atoms with Gasteiger partial charge in [0.25, 0.3) is 0 Å². The van der Waals surface area contributed by atoms with Crippen molar-refractivity contribution in [2.75, 3.05) is 13.1 Å². The van der Waals surface area contributed by atoms with Crippen molar-refractivity contribution in [2.45, 2.75) is 18.8 Å². The van der Waals surface area contributed by atoms with Crippen molar-refractivity contribution < 1.29 is 0 Å². The number of hydrogen-bond acceptors (Lipinski definition) is 4. The highest BCUT2D eigenvalue weighted by molar-refractivity contribution is 5.19. The third-order valence-corrected chi connectivity index (χ3v) is 2.88. The molecule has 0 atom stereocenters. The summed E-state index contributed by atoms with van der Waals surface area (Å²) in [6.07, 6.45) is 3.99. The lowest BCUT2D eigenvalue weighted by Crippen LogP contribution is -2.26. The molecule has 1 aromatic heterocycles. The highest BCUT2D eigenvalue weighted by atomic mass is 15.5. The Morgan fingerprint density at radius 2 is 1.82 bits per heavy atom. The summed E-state index contributed by atoms with van der Waals surface area (Å²) in [7, 11) is 0. The molecule has 0 saturated carbocycles. The average Bonchev–Trinajstić information content (AvgIpc) is 3.00. The summed E-state index contributed by atoms with van der Waals surface area (Å²) in [6, 6.07) is 10.9. The van der Waals surface area contributed by atoms with Gasteiger partial charge in [0.2, 0.25) is 0 Å². The molecule has 1 fully saturated rings. The molecule has 17 heavy (non-hydrogen) atoms. The van der Waals surface area contributed by atoms with Crippen molar-refractivity contribution in [2.24, 2.45) is 0 Å². The van der Waals surface area contributed by atoms with Crippen LogP contribution >= 0.6 is 0 Å². The molecule has 1 aliphatic rings. The highest BCUT2D eigenvalue weighted by Gasteiger charge is 2.13. The lowest BCUT2D eigenvalue weighted by atomic mass is 9.90.